The summed E-state index contributed by atoms with van der Waals surface area (Å²) in [5.41, 5.74) is 0.791. The van der Waals surface area contributed by atoms with Crippen LogP contribution in [0.15, 0.2) is 64.5 Å². The zero-order chi connectivity index (χ0) is 20.6. The number of nitrogens with one attached hydrogen (secondary N) is 2. The summed E-state index contributed by atoms with van der Waals surface area (Å²) in [6.07, 6.45) is 0. The summed E-state index contributed by atoms with van der Waals surface area (Å²) in [6, 6.07) is 14.7. The molecular weight excluding hydrogens is 509 g/mol. The zero-order valence-corrected chi connectivity index (χ0v) is 19.3. The minimum atomic E-state index is -3.84. The Hall–Kier alpha value is -2.25. The number of nitrogens with zero attached hydrogens (tertiary/aromatic N) is 3. The fourth-order valence-electron chi connectivity index (χ4n) is 2.31. The molecule has 0 aliphatic rings. The van der Waals surface area contributed by atoms with Crippen molar-refractivity contribution in [3.63, 3.8) is 0 Å². The van der Waals surface area contributed by atoms with Gasteiger partial charge in [0.2, 0.25) is 10.0 Å². The van der Waals surface area contributed by atoms with Crippen LogP contribution in [-0.4, -0.2) is 51.4 Å². The van der Waals surface area contributed by atoms with Crippen molar-refractivity contribution in [2.45, 2.75) is 11.4 Å². The summed E-state index contributed by atoms with van der Waals surface area (Å²) >= 11 is 0. The lowest BCUT2D eigenvalue weighted by Gasteiger charge is -2.18. The molecule has 2 aromatic rings. The van der Waals surface area contributed by atoms with E-state index in [9.17, 15) is 18.5 Å². The summed E-state index contributed by atoms with van der Waals surface area (Å²) in [5, 5.41) is 13.9. The molecule has 0 radical (unpaired) electrons. The topological polar surface area (TPSA) is 117 Å². The van der Waals surface area contributed by atoms with Crippen molar-refractivity contribution in [1.29, 1.82) is 0 Å². The molecule has 0 bridgehead atoms. The largest absolute Gasteiger partial charge is 0.355 e. The lowest BCUT2D eigenvalue weighted by Crippen LogP contribution is -2.41. The van der Waals surface area contributed by atoms with Crippen molar-refractivity contribution in [2.75, 3.05) is 27.2 Å². The van der Waals surface area contributed by atoms with Gasteiger partial charge < -0.3 is 10.2 Å². The van der Waals surface area contributed by atoms with Crippen LogP contribution in [0.4, 0.5) is 5.69 Å². The fraction of sp³-hybridized carbons (Fsp3) is 0.278. The van der Waals surface area contributed by atoms with Gasteiger partial charge in [-0.05, 0) is 11.6 Å². The Labute approximate surface area is 187 Å². The number of aliphatic imine (C=N–C) groups is 1. The highest BCUT2D eigenvalue weighted by Crippen LogP contribution is 2.16. The normalized spacial score (nSPS) is 11.4. The lowest BCUT2D eigenvalue weighted by molar-refractivity contribution is -0.385. The van der Waals surface area contributed by atoms with Gasteiger partial charge in [-0.15, -0.1) is 24.0 Å². The van der Waals surface area contributed by atoms with E-state index in [4.69, 9.17) is 0 Å². The zero-order valence-electron chi connectivity index (χ0n) is 16.1. The molecule has 0 amide bonds. The molecule has 0 aliphatic carbocycles. The number of sulfonamides is 1. The van der Waals surface area contributed by atoms with E-state index < -0.39 is 14.9 Å². The van der Waals surface area contributed by atoms with Crippen LogP contribution >= 0.6 is 24.0 Å². The first-order valence-corrected chi connectivity index (χ1v) is 10.0. The van der Waals surface area contributed by atoms with Crippen LogP contribution < -0.4 is 10.0 Å². The van der Waals surface area contributed by atoms with Gasteiger partial charge in [-0.1, -0.05) is 36.4 Å². The molecule has 2 N–H and O–H groups in total. The Morgan fingerprint density at radius 1 is 1.10 bits per heavy atom. The van der Waals surface area contributed by atoms with E-state index in [0.717, 1.165) is 11.6 Å². The molecule has 0 fully saturated rings. The van der Waals surface area contributed by atoms with Crippen LogP contribution in [-0.2, 0) is 16.6 Å². The number of halogens is 1. The number of nitro benzene ring substituents is 1. The van der Waals surface area contributed by atoms with Crippen LogP contribution in [0.2, 0.25) is 0 Å². The lowest BCUT2D eigenvalue weighted by atomic mass is 10.2. The molecule has 0 saturated carbocycles. The Morgan fingerprint density at radius 3 is 2.41 bits per heavy atom. The first-order valence-electron chi connectivity index (χ1n) is 8.53. The summed E-state index contributed by atoms with van der Waals surface area (Å²) in [4.78, 5) is 16.3. The summed E-state index contributed by atoms with van der Waals surface area (Å²) in [7, 11) is -0.163. The smallest absolute Gasteiger partial charge is 0.270 e. The van der Waals surface area contributed by atoms with Gasteiger partial charge in [0, 0.05) is 39.3 Å². The van der Waals surface area contributed by atoms with Crippen molar-refractivity contribution in [3.8, 4) is 0 Å². The minimum absolute atomic E-state index is 0. The maximum atomic E-state index is 12.3. The third-order valence-corrected chi connectivity index (χ3v) is 5.18. The number of hydrogen-bond donors (Lipinski definition) is 2. The third kappa shape index (κ3) is 7.95. The molecule has 0 saturated heterocycles. The van der Waals surface area contributed by atoms with Gasteiger partial charge in [0.15, 0.2) is 5.96 Å². The van der Waals surface area contributed by atoms with Gasteiger partial charge in [0.25, 0.3) is 5.69 Å². The fourth-order valence-corrected chi connectivity index (χ4v) is 3.38. The first-order chi connectivity index (χ1) is 13.3. The first kappa shape index (κ1) is 24.8. The number of benzene rings is 2. The molecule has 158 valence electrons. The van der Waals surface area contributed by atoms with Gasteiger partial charge in [0.1, 0.15) is 0 Å². The molecule has 0 unspecified atom stereocenters. The van der Waals surface area contributed by atoms with Gasteiger partial charge in [0.05, 0.1) is 16.4 Å². The van der Waals surface area contributed by atoms with E-state index >= 15 is 0 Å². The van der Waals surface area contributed by atoms with Crippen molar-refractivity contribution in [1.82, 2.24) is 14.9 Å². The van der Waals surface area contributed by atoms with E-state index in [1.165, 1.54) is 18.2 Å². The predicted molar refractivity (Wildman–Crippen MR) is 123 cm³/mol. The molecule has 0 spiro atoms. The molecule has 0 heterocycles. The van der Waals surface area contributed by atoms with Crippen LogP contribution in [0.25, 0.3) is 0 Å². The standard InChI is InChI=1S/C18H23N5O4S.HI/c1-22(2)18(20-14-15-7-4-3-5-8-15)19-11-12-21-28(26,27)17-10-6-9-16(13-17)23(24)25;/h3-10,13,21H,11-12,14H2,1-2H3,(H,19,20);1H. The van der Waals surface area contributed by atoms with Gasteiger partial charge >= 0.3 is 0 Å². The summed E-state index contributed by atoms with van der Waals surface area (Å²) in [6.45, 7) is 0.907. The molecule has 29 heavy (non-hydrogen) atoms. The maximum Gasteiger partial charge on any atom is 0.270 e. The number of non-ortho nitro benzene ring substituents is 1. The van der Waals surface area contributed by atoms with Crippen molar-refractivity contribution in [3.05, 3.63) is 70.3 Å². The number of hydrogen-bond acceptors (Lipinski definition) is 5. The van der Waals surface area contributed by atoms with Crippen molar-refractivity contribution in [2.24, 2.45) is 4.99 Å². The number of guanidine groups is 1. The molecule has 0 aliphatic heterocycles. The molecular formula is C18H24IN5O4S. The second-order valence-corrected chi connectivity index (χ2v) is 7.87. The van der Waals surface area contributed by atoms with E-state index in [1.807, 2.05) is 44.4 Å². The second kappa shape index (κ2) is 11.7. The van der Waals surface area contributed by atoms with Crippen LogP contribution in [0.5, 0.6) is 0 Å². The van der Waals surface area contributed by atoms with Gasteiger partial charge in [-0.2, -0.15) is 0 Å². The molecule has 0 atom stereocenters. The number of nitro groups is 1. The Bertz CT molecular complexity index is 936. The van der Waals surface area contributed by atoms with Crippen LogP contribution in [0.3, 0.4) is 0 Å². The van der Waals surface area contributed by atoms with Gasteiger partial charge in [-0.3, -0.25) is 10.1 Å². The predicted octanol–water partition coefficient (Wildman–Crippen LogP) is 2.20. The van der Waals surface area contributed by atoms with E-state index in [0.29, 0.717) is 19.0 Å². The van der Waals surface area contributed by atoms with Crippen LogP contribution in [0.1, 0.15) is 5.56 Å². The third-order valence-electron chi connectivity index (χ3n) is 3.72. The molecule has 11 heteroatoms. The summed E-state index contributed by atoms with van der Waals surface area (Å²) < 4.78 is 27.0. The van der Waals surface area contributed by atoms with Crippen LogP contribution in [0, 0.1) is 10.1 Å². The molecule has 9 nitrogen and oxygen atoms in total. The molecule has 2 rings (SSSR count). The summed E-state index contributed by atoms with van der Waals surface area (Å²) in [5.74, 6) is 0.624. The average Bonchev–Trinajstić information content (AvgIpc) is 2.68. The molecule has 0 aromatic heterocycles. The average molecular weight is 533 g/mol. The maximum absolute atomic E-state index is 12.3. The molecule has 2 aromatic carbocycles. The minimum Gasteiger partial charge on any atom is -0.355 e. The highest BCUT2D eigenvalue weighted by Gasteiger charge is 2.17. The van der Waals surface area contributed by atoms with E-state index in [2.05, 4.69) is 15.0 Å². The van der Waals surface area contributed by atoms with Gasteiger partial charge in [-0.25, -0.2) is 18.1 Å². The highest BCUT2D eigenvalue weighted by atomic mass is 127. The van der Waals surface area contributed by atoms with E-state index in [-0.39, 0.29) is 41.1 Å². The SMILES string of the molecule is CN(C)C(=NCc1ccccc1)NCCNS(=O)(=O)c1cccc([N+](=O)[O-])c1.I. The van der Waals surface area contributed by atoms with E-state index in [1.54, 1.807) is 4.90 Å². The Morgan fingerprint density at radius 2 is 1.79 bits per heavy atom. The Balaban J connectivity index is 0.00000420. The van der Waals surface area contributed by atoms with Crippen molar-refractivity contribution < 1.29 is 13.3 Å². The number of rotatable bonds is 8. The monoisotopic (exact) mass is 533 g/mol. The Kier molecular flexibility index (Phi) is 9.98. The van der Waals surface area contributed by atoms with Crippen molar-refractivity contribution >= 4 is 45.6 Å². The second-order valence-electron chi connectivity index (χ2n) is 6.10. The highest BCUT2D eigenvalue weighted by molar-refractivity contribution is 14.0. The quantitative estimate of drug-likeness (QED) is 0.134.